The Morgan fingerprint density at radius 2 is 1.35 bits per heavy atom. The Bertz CT molecular complexity index is 507. The van der Waals surface area contributed by atoms with Crippen LogP contribution in [0.1, 0.15) is 13.8 Å². The fraction of sp³-hybridized carbons (Fsp3) is 0.429. The van der Waals surface area contributed by atoms with Crippen LogP contribution in [0.15, 0.2) is 34.3 Å². The number of para-hydroxylation sites is 2. The molecule has 2 N–H and O–H groups in total. The molecule has 106 valence electrons. The lowest BCUT2D eigenvalue weighted by Gasteiger charge is -2.13. The monoisotopic (exact) mass is 306 g/mol. The van der Waals surface area contributed by atoms with Gasteiger partial charge in [0, 0.05) is 10.5 Å². The van der Waals surface area contributed by atoms with Crippen molar-refractivity contribution in [1.29, 1.82) is 0 Å². The Labute approximate surface area is 127 Å². The summed E-state index contributed by atoms with van der Waals surface area (Å²) < 4.78 is 0. The molecule has 0 saturated carbocycles. The van der Waals surface area contributed by atoms with E-state index < -0.39 is 0 Å². The zero-order chi connectivity index (χ0) is 13.9. The number of anilines is 2. The molecule has 0 saturated heterocycles. The summed E-state index contributed by atoms with van der Waals surface area (Å²) in [5, 5.41) is 9.95. The molecule has 0 fully saturated rings. The molecule has 0 bridgehead atoms. The minimum absolute atomic E-state index is 0.563. The van der Waals surface area contributed by atoms with Gasteiger partial charge < -0.3 is 10.6 Å². The first-order valence-electron chi connectivity index (χ1n) is 6.76. The molecule has 0 amide bonds. The molecule has 0 spiro atoms. The molecule has 1 aromatic carbocycles. The minimum atomic E-state index is 0.563. The maximum atomic E-state index is 4.50. The second kappa shape index (κ2) is 6.10. The van der Waals surface area contributed by atoms with Crippen molar-refractivity contribution >= 4 is 45.2 Å². The first-order chi connectivity index (χ1) is 9.70. The number of amidine groups is 2. The number of benzene rings is 1. The van der Waals surface area contributed by atoms with Crippen LogP contribution in [0.3, 0.4) is 0 Å². The summed E-state index contributed by atoms with van der Waals surface area (Å²) in [7, 11) is 0. The van der Waals surface area contributed by atoms with E-state index in [-0.39, 0.29) is 0 Å². The summed E-state index contributed by atoms with van der Waals surface area (Å²) in [6.45, 7) is 6.17. The molecule has 1 aromatic rings. The van der Waals surface area contributed by atoms with E-state index in [4.69, 9.17) is 0 Å². The van der Waals surface area contributed by atoms with Crippen LogP contribution in [-0.4, -0.2) is 33.9 Å². The number of nitrogens with one attached hydrogen (secondary N) is 2. The minimum Gasteiger partial charge on any atom is -0.333 e. The van der Waals surface area contributed by atoms with E-state index in [0.29, 0.717) is 10.5 Å². The van der Waals surface area contributed by atoms with Crippen LogP contribution in [0.25, 0.3) is 0 Å². The zero-order valence-corrected chi connectivity index (χ0v) is 13.2. The standard InChI is InChI=1S/C14H18N4S2/c1-9-7-15-13(19-9)17-11-5-3-4-6-12(11)18-14-16-8-10(2)20-14/h3-6,9-10H,7-8H2,1-2H3,(H,15,17)(H,16,18)/t9-,10+. The molecule has 0 unspecified atom stereocenters. The number of nitrogens with zero attached hydrogens (tertiary/aromatic N) is 2. The Kier molecular flexibility index (Phi) is 4.21. The third kappa shape index (κ3) is 3.30. The highest BCUT2D eigenvalue weighted by molar-refractivity contribution is 8.15. The Morgan fingerprint density at radius 3 is 1.70 bits per heavy atom. The van der Waals surface area contributed by atoms with E-state index in [9.17, 15) is 0 Å². The molecule has 0 radical (unpaired) electrons. The van der Waals surface area contributed by atoms with Crippen LogP contribution in [0.2, 0.25) is 0 Å². The second-order valence-electron chi connectivity index (χ2n) is 4.94. The van der Waals surface area contributed by atoms with E-state index in [2.05, 4.69) is 46.6 Å². The van der Waals surface area contributed by atoms with Crippen LogP contribution in [-0.2, 0) is 0 Å². The average Bonchev–Trinajstić information content (AvgIpc) is 3.01. The zero-order valence-electron chi connectivity index (χ0n) is 11.6. The van der Waals surface area contributed by atoms with Crippen molar-refractivity contribution < 1.29 is 0 Å². The van der Waals surface area contributed by atoms with Crippen molar-refractivity contribution in [2.45, 2.75) is 24.3 Å². The summed E-state index contributed by atoms with van der Waals surface area (Å²) >= 11 is 3.58. The molecule has 20 heavy (non-hydrogen) atoms. The smallest absolute Gasteiger partial charge is 0.161 e. The van der Waals surface area contributed by atoms with Gasteiger partial charge in [-0.15, -0.1) is 0 Å². The number of aliphatic imine (C=N–C) groups is 2. The number of thioether (sulfide) groups is 2. The van der Waals surface area contributed by atoms with Gasteiger partial charge in [-0.1, -0.05) is 49.5 Å². The van der Waals surface area contributed by atoms with Crippen molar-refractivity contribution in [1.82, 2.24) is 0 Å². The van der Waals surface area contributed by atoms with Crippen LogP contribution in [0, 0.1) is 0 Å². The Hall–Kier alpha value is -1.14. The van der Waals surface area contributed by atoms with E-state index in [0.717, 1.165) is 34.8 Å². The lowest BCUT2D eigenvalue weighted by Crippen LogP contribution is -2.11. The average molecular weight is 306 g/mol. The Morgan fingerprint density at radius 1 is 0.900 bits per heavy atom. The number of hydrogen-bond acceptors (Lipinski definition) is 6. The van der Waals surface area contributed by atoms with Crippen LogP contribution >= 0.6 is 23.5 Å². The largest absolute Gasteiger partial charge is 0.333 e. The van der Waals surface area contributed by atoms with Crippen LogP contribution in [0.4, 0.5) is 11.4 Å². The molecular weight excluding hydrogens is 288 g/mol. The maximum Gasteiger partial charge on any atom is 0.161 e. The molecule has 6 heteroatoms. The SMILES string of the molecule is C[C@@H]1CN=C(Nc2ccccc2NC2=NC[C@H](C)S2)S1. The van der Waals surface area contributed by atoms with Gasteiger partial charge in [0.1, 0.15) is 0 Å². The summed E-state index contributed by atoms with van der Waals surface area (Å²) in [6, 6.07) is 8.20. The van der Waals surface area contributed by atoms with Gasteiger partial charge >= 0.3 is 0 Å². The molecule has 0 aromatic heterocycles. The Balaban J connectivity index is 1.71. The van der Waals surface area contributed by atoms with Gasteiger partial charge in [-0.2, -0.15) is 0 Å². The quantitative estimate of drug-likeness (QED) is 0.878. The van der Waals surface area contributed by atoms with Crippen molar-refractivity contribution in [3.63, 3.8) is 0 Å². The molecule has 3 rings (SSSR count). The van der Waals surface area contributed by atoms with Gasteiger partial charge in [-0.05, 0) is 12.1 Å². The third-order valence-electron chi connectivity index (χ3n) is 3.02. The summed E-state index contributed by atoms with van der Waals surface area (Å²) in [4.78, 5) is 9.00. The van der Waals surface area contributed by atoms with Gasteiger partial charge in [0.2, 0.25) is 0 Å². The normalized spacial score (nSPS) is 25.3. The molecule has 4 nitrogen and oxygen atoms in total. The fourth-order valence-electron chi connectivity index (χ4n) is 2.02. The summed E-state index contributed by atoms with van der Waals surface area (Å²) in [5.41, 5.74) is 2.10. The van der Waals surface area contributed by atoms with Crippen LogP contribution < -0.4 is 10.6 Å². The maximum absolute atomic E-state index is 4.50. The number of hydrogen-bond donors (Lipinski definition) is 2. The van der Waals surface area contributed by atoms with Crippen molar-refractivity contribution in [3.8, 4) is 0 Å². The van der Waals surface area contributed by atoms with E-state index in [1.165, 1.54) is 0 Å². The number of rotatable bonds is 2. The highest BCUT2D eigenvalue weighted by atomic mass is 32.2. The van der Waals surface area contributed by atoms with E-state index in [1.807, 2.05) is 12.1 Å². The molecule has 2 heterocycles. The van der Waals surface area contributed by atoms with Gasteiger partial charge in [0.15, 0.2) is 10.3 Å². The van der Waals surface area contributed by atoms with Crippen LogP contribution in [0.5, 0.6) is 0 Å². The summed E-state index contributed by atoms with van der Waals surface area (Å²) in [5.74, 6) is 0. The predicted octanol–water partition coefficient (Wildman–Crippen LogP) is 3.49. The molecule has 2 atom stereocenters. The summed E-state index contributed by atoms with van der Waals surface area (Å²) in [6.07, 6.45) is 0. The van der Waals surface area contributed by atoms with Gasteiger partial charge in [0.05, 0.1) is 24.5 Å². The van der Waals surface area contributed by atoms with Gasteiger partial charge in [0.25, 0.3) is 0 Å². The lowest BCUT2D eigenvalue weighted by molar-refractivity contribution is 0.976. The van der Waals surface area contributed by atoms with Gasteiger partial charge in [-0.3, -0.25) is 9.98 Å². The van der Waals surface area contributed by atoms with Crippen molar-refractivity contribution in [2.24, 2.45) is 9.98 Å². The van der Waals surface area contributed by atoms with E-state index >= 15 is 0 Å². The fourth-order valence-corrected chi connectivity index (χ4v) is 3.72. The molecule has 2 aliphatic heterocycles. The topological polar surface area (TPSA) is 48.8 Å². The van der Waals surface area contributed by atoms with E-state index in [1.54, 1.807) is 23.5 Å². The molecular formula is C14H18N4S2. The first-order valence-corrected chi connectivity index (χ1v) is 8.52. The third-order valence-corrected chi connectivity index (χ3v) is 5.03. The van der Waals surface area contributed by atoms with Crippen molar-refractivity contribution in [3.05, 3.63) is 24.3 Å². The first kappa shape index (κ1) is 13.8. The second-order valence-corrected chi connectivity index (χ2v) is 7.80. The highest BCUT2D eigenvalue weighted by Gasteiger charge is 2.18. The predicted molar refractivity (Wildman–Crippen MR) is 92.4 cm³/mol. The lowest BCUT2D eigenvalue weighted by atomic mass is 10.2. The van der Waals surface area contributed by atoms with Crippen molar-refractivity contribution in [2.75, 3.05) is 23.7 Å². The molecule has 0 aliphatic carbocycles. The highest BCUT2D eigenvalue weighted by Crippen LogP contribution is 2.29. The van der Waals surface area contributed by atoms with Gasteiger partial charge in [-0.25, -0.2) is 0 Å². The molecule has 2 aliphatic rings.